The molecule has 100 valence electrons. The van der Waals surface area contributed by atoms with E-state index in [-0.39, 0.29) is 0 Å². The molecule has 2 aliphatic rings. The zero-order valence-electron chi connectivity index (χ0n) is 11.7. The molecule has 0 aromatic heterocycles. The van der Waals surface area contributed by atoms with Gasteiger partial charge in [0.25, 0.3) is 0 Å². The molecular weight excluding hydrogens is 212 g/mol. The second kappa shape index (κ2) is 5.68. The molecule has 17 heavy (non-hydrogen) atoms. The van der Waals surface area contributed by atoms with Crippen molar-refractivity contribution in [2.45, 2.75) is 52.2 Å². The predicted octanol–water partition coefficient (Wildman–Crippen LogP) is 1.88. The summed E-state index contributed by atoms with van der Waals surface area (Å²) in [6, 6.07) is 0. The van der Waals surface area contributed by atoms with E-state index in [1.54, 1.807) is 0 Å². The van der Waals surface area contributed by atoms with Gasteiger partial charge in [-0.2, -0.15) is 0 Å². The lowest BCUT2D eigenvalue weighted by Crippen LogP contribution is -2.51. The Morgan fingerprint density at radius 2 is 1.76 bits per heavy atom. The van der Waals surface area contributed by atoms with Crippen molar-refractivity contribution in [1.29, 1.82) is 0 Å². The van der Waals surface area contributed by atoms with Crippen LogP contribution >= 0.6 is 0 Å². The average Bonchev–Trinajstić information content (AvgIpc) is 2.29. The summed E-state index contributed by atoms with van der Waals surface area (Å²) in [6.45, 7) is 12.6. The predicted molar refractivity (Wildman–Crippen MR) is 71.3 cm³/mol. The summed E-state index contributed by atoms with van der Waals surface area (Å²) in [7, 11) is 0. The molecule has 0 saturated carbocycles. The molecule has 2 atom stereocenters. The van der Waals surface area contributed by atoms with Crippen LogP contribution in [-0.4, -0.2) is 49.8 Å². The van der Waals surface area contributed by atoms with E-state index in [4.69, 9.17) is 4.74 Å². The summed E-state index contributed by atoms with van der Waals surface area (Å²) in [5.41, 5.74) is 0.558. The smallest absolute Gasteiger partial charge is 0.0678 e. The Morgan fingerprint density at radius 1 is 1.18 bits per heavy atom. The summed E-state index contributed by atoms with van der Waals surface area (Å²) < 4.78 is 5.82. The van der Waals surface area contributed by atoms with Crippen LogP contribution in [0.1, 0.15) is 40.0 Å². The van der Waals surface area contributed by atoms with E-state index in [2.05, 4.69) is 31.0 Å². The van der Waals surface area contributed by atoms with Gasteiger partial charge in [0.1, 0.15) is 0 Å². The molecule has 2 aliphatic heterocycles. The normalized spacial score (nSPS) is 34.8. The topological polar surface area (TPSA) is 24.5 Å². The second-order valence-electron chi connectivity index (χ2n) is 6.05. The molecular formula is C14H28N2O. The van der Waals surface area contributed by atoms with Crippen LogP contribution in [0, 0.1) is 5.41 Å². The molecule has 0 spiro atoms. The molecule has 3 nitrogen and oxygen atoms in total. The first-order valence-electron chi connectivity index (χ1n) is 7.22. The molecule has 2 fully saturated rings. The minimum Gasteiger partial charge on any atom is -0.373 e. The summed E-state index contributed by atoms with van der Waals surface area (Å²) in [5, 5.41) is 3.49. The minimum atomic E-state index is 0.398. The first-order chi connectivity index (χ1) is 8.13. The van der Waals surface area contributed by atoms with E-state index < -0.39 is 0 Å². The highest BCUT2D eigenvalue weighted by Crippen LogP contribution is 2.34. The maximum Gasteiger partial charge on any atom is 0.0678 e. The van der Waals surface area contributed by atoms with Gasteiger partial charge >= 0.3 is 0 Å². The fourth-order valence-corrected chi connectivity index (χ4v) is 3.47. The van der Waals surface area contributed by atoms with Gasteiger partial charge in [0.05, 0.1) is 12.2 Å². The van der Waals surface area contributed by atoms with Gasteiger partial charge in [-0.3, -0.25) is 4.90 Å². The number of morpholine rings is 1. The standard InChI is InChI=1S/C14H28N2O/c1-4-14(5-7-15-8-6-14)11-16-9-12(2)17-13(3)10-16/h12-13,15H,4-11H2,1-3H3. The number of piperidine rings is 1. The van der Waals surface area contributed by atoms with Crippen molar-refractivity contribution >= 4 is 0 Å². The van der Waals surface area contributed by atoms with Crippen molar-refractivity contribution in [1.82, 2.24) is 10.2 Å². The number of ether oxygens (including phenoxy) is 1. The monoisotopic (exact) mass is 240 g/mol. The van der Waals surface area contributed by atoms with Gasteiger partial charge in [-0.05, 0) is 51.6 Å². The van der Waals surface area contributed by atoms with Crippen LogP contribution in [-0.2, 0) is 4.74 Å². The highest BCUT2D eigenvalue weighted by atomic mass is 16.5. The number of rotatable bonds is 3. The minimum absolute atomic E-state index is 0.398. The molecule has 2 saturated heterocycles. The van der Waals surface area contributed by atoms with E-state index in [1.807, 2.05) is 0 Å². The van der Waals surface area contributed by atoms with Gasteiger partial charge in [0.2, 0.25) is 0 Å². The van der Waals surface area contributed by atoms with Crippen LogP contribution < -0.4 is 5.32 Å². The van der Waals surface area contributed by atoms with Gasteiger partial charge in [-0.25, -0.2) is 0 Å². The molecule has 1 N–H and O–H groups in total. The highest BCUT2D eigenvalue weighted by Gasteiger charge is 2.34. The third-order valence-electron chi connectivity index (χ3n) is 4.47. The maximum absolute atomic E-state index is 5.82. The van der Waals surface area contributed by atoms with Crippen LogP contribution in [0.3, 0.4) is 0 Å². The number of nitrogens with one attached hydrogen (secondary N) is 1. The van der Waals surface area contributed by atoms with Crippen LogP contribution in [0.2, 0.25) is 0 Å². The largest absolute Gasteiger partial charge is 0.373 e. The van der Waals surface area contributed by atoms with E-state index in [1.165, 1.54) is 38.9 Å². The SMILES string of the molecule is CCC1(CN2CC(C)OC(C)C2)CCNCC1. The molecule has 3 heteroatoms. The molecule has 2 unspecified atom stereocenters. The van der Waals surface area contributed by atoms with Crippen molar-refractivity contribution in [3.05, 3.63) is 0 Å². The zero-order chi connectivity index (χ0) is 12.3. The second-order valence-corrected chi connectivity index (χ2v) is 6.05. The summed E-state index contributed by atoms with van der Waals surface area (Å²) in [6.07, 6.45) is 4.78. The lowest BCUT2D eigenvalue weighted by molar-refractivity contribution is -0.0803. The molecule has 2 rings (SSSR count). The van der Waals surface area contributed by atoms with Gasteiger partial charge < -0.3 is 10.1 Å². The molecule has 2 heterocycles. The zero-order valence-corrected chi connectivity index (χ0v) is 11.7. The molecule has 0 aliphatic carbocycles. The van der Waals surface area contributed by atoms with Gasteiger partial charge in [-0.1, -0.05) is 6.92 Å². The summed E-state index contributed by atoms with van der Waals surface area (Å²) in [5.74, 6) is 0. The molecule has 0 aromatic carbocycles. The van der Waals surface area contributed by atoms with Gasteiger partial charge in [0.15, 0.2) is 0 Å². The quantitative estimate of drug-likeness (QED) is 0.815. The fraction of sp³-hybridized carbons (Fsp3) is 1.00. The summed E-state index contributed by atoms with van der Waals surface area (Å²) in [4.78, 5) is 2.63. The van der Waals surface area contributed by atoms with Crippen molar-refractivity contribution in [2.75, 3.05) is 32.7 Å². The van der Waals surface area contributed by atoms with Gasteiger partial charge in [-0.15, -0.1) is 0 Å². The van der Waals surface area contributed by atoms with Gasteiger partial charge in [0, 0.05) is 19.6 Å². The molecule has 0 bridgehead atoms. The van der Waals surface area contributed by atoms with Crippen molar-refractivity contribution in [3.63, 3.8) is 0 Å². The van der Waals surface area contributed by atoms with E-state index in [9.17, 15) is 0 Å². The first-order valence-corrected chi connectivity index (χ1v) is 7.22. The van der Waals surface area contributed by atoms with Crippen LogP contribution in [0.15, 0.2) is 0 Å². The third-order valence-corrected chi connectivity index (χ3v) is 4.47. The maximum atomic E-state index is 5.82. The Kier molecular flexibility index (Phi) is 4.45. The van der Waals surface area contributed by atoms with E-state index in [0.29, 0.717) is 17.6 Å². The van der Waals surface area contributed by atoms with Crippen LogP contribution in [0.5, 0.6) is 0 Å². The Hall–Kier alpha value is -0.120. The highest BCUT2D eigenvalue weighted by molar-refractivity contribution is 4.88. The Morgan fingerprint density at radius 3 is 2.29 bits per heavy atom. The number of hydrogen-bond donors (Lipinski definition) is 1. The fourth-order valence-electron chi connectivity index (χ4n) is 3.47. The first kappa shape index (κ1) is 13.3. The lowest BCUT2D eigenvalue weighted by Gasteiger charge is -2.44. The molecule has 0 aromatic rings. The molecule has 0 amide bonds. The van der Waals surface area contributed by atoms with E-state index >= 15 is 0 Å². The molecule has 0 radical (unpaired) electrons. The number of hydrogen-bond acceptors (Lipinski definition) is 3. The number of nitrogens with zero attached hydrogens (tertiary/aromatic N) is 1. The average molecular weight is 240 g/mol. The summed E-state index contributed by atoms with van der Waals surface area (Å²) >= 11 is 0. The van der Waals surface area contributed by atoms with Crippen molar-refractivity contribution in [2.24, 2.45) is 5.41 Å². The Balaban J connectivity index is 1.93. The van der Waals surface area contributed by atoms with Crippen LogP contribution in [0.25, 0.3) is 0 Å². The lowest BCUT2D eigenvalue weighted by atomic mass is 9.76. The van der Waals surface area contributed by atoms with Crippen molar-refractivity contribution < 1.29 is 4.74 Å². The van der Waals surface area contributed by atoms with Crippen LogP contribution in [0.4, 0.5) is 0 Å². The van der Waals surface area contributed by atoms with Crippen molar-refractivity contribution in [3.8, 4) is 0 Å². The Bertz CT molecular complexity index is 228. The third kappa shape index (κ3) is 3.43. The Labute approximate surface area is 106 Å². The van der Waals surface area contributed by atoms with E-state index in [0.717, 1.165) is 13.1 Å².